The first-order valence-electron chi connectivity index (χ1n) is 24.5. The highest BCUT2D eigenvalue weighted by Crippen LogP contribution is 2.38. The molecule has 3 heterocycles. The largest absolute Gasteiger partial charge is 0.460 e. The number of esters is 1. The van der Waals surface area contributed by atoms with Crippen LogP contribution in [0.4, 0.5) is 0 Å². The van der Waals surface area contributed by atoms with Gasteiger partial charge in [0, 0.05) is 57.5 Å². The molecule has 0 aromatic heterocycles. The highest BCUT2D eigenvalue weighted by Gasteiger charge is 2.53. The Morgan fingerprint density at radius 3 is 2.40 bits per heavy atom. The van der Waals surface area contributed by atoms with Gasteiger partial charge in [-0.2, -0.15) is 0 Å². The van der Waals surface area contributed by atoms with Crippen LogP contribution in [0.25, 0.3) is 0 Å². The van der Waals surface area contributed by atoms with Crippen molar-refractivity contribution in [3.05, 3.63) is 77.9 Å². The van der Waals surface area contributed by atoms with Gasteiger partial charge in [0.05, 0.1) is 24.4 Å². The van der Waals surface area contributed by atoms with E-state index in [9.17, 15) is 34.5 Å². The number of aliphatic hydroxyl groups is 3. The van der Waals surface area contributed by atoms with E-state index in [0.29, 0.717) is 69.1 Å². The van der Waals surface area contributed by atoms with Crippen molar-refractivity contribution in [1.29, 1.82) is 0 Å². The van der Waals surface area contributed by atoms with Crippen LogP contribution in [0.1, 0.15) is 137 Å². The summed E-state index contributed by atoms with van der Waals surface area (Å²) in [5.74, 6) is -5.22. The van der Waals surface area contributed by atoms with Crippen LogP contribution in [-0.4, -0.2) is 111 Å². The maximum absolute atomic E-state index is 14.4. The second-order valence-corrected chi connectivity index (χ2v) is 19.6. The number of hydrogen-bond donors (Lipinski definition) is 3. The lowest BCUT2D eigenvalue weighted by atomic mass is 9.80. The van der Waals surface area contributed by atoms with Gasteiger partial charge in [-0.15, -0.1) is 0 Å². The molecule has 0 radical (unpaired) electrons. The van der Waals surface area contributed by atoms with Crippen molar-refractivity contribution < 1.29 is 58.2 Å². The molecule has 5 rings (SSSR count). The minimum Gasteiger partial charge on any atom is -0.460 e. The standard InChI is InChI=1S/C53H75NO12S/c1-35-22-26-41(56)33-48(37(3)31-39-24-28-43(29-25-39)64-52(67)63-42-19-13-10-14-20-42)65-51(60)45-21-15-16-30-54(45)50(59)49(58)53(61)38(4)23-27-44(66-53)34-47(62-5)36(2)17-11-8-6-7-9-12-18-40(55)32-46(35)57/h6-8,10-11,13-14,17,19-20,22,37-39,41,43-48,56-57,61H,9,12,15-16,18,21,23-34H2,1-5H3/b7-6+,11-8+,35-22+,36-17+/t37-,38-,39-,41?,43-,44+,45+,46+,47+,48+,53-/m1/s1. The Morgan fingerprint density at radius 2 is 1.67 bits per heavy atom. The van der Waals surface area contributed by atoms with Crippen LogP contribution in [0.5, 0.6) is 5.75 Å². The third kappa shape index (κ3) is 16.3. The van der Waals surface area contributed by atoms with Gasteiger partial charge in [-0.3, -0.25) is 14.4 Å². The SMILES string of the molecule is CO[C@H]1C[C@@H]2CC[C@@H](C)[C@@](O)(O2)C(=O)C(=O)N2CCCC[C@H]2C(=O)O[C@H]([C@H](C)C[C@H]2CC[C@H](OC(=S)Oc3ccccc3)CC2)CC(O)C/C=C(\C)[C@@H](O)CC(=O)CCC/C=C/C=C/C=C/1C. The Labute approximate surface area is 403 Å². The molecule has 3 N–H and O–H groups in total. The molecule has 2 saturated heterocycles. The van der Waals surface area contributed by atoms with Crippen LogP contribution in [0.3, 0.4) is 0 Å². The molecule has 1 aromatic rings. The summed E-state index contributed by atoms with van der Waals surface area (Å²) >= 11 is 5.37. The summed E-state index contributed by atoms with van der Waals surface area (Å²) in [6.07, 6.45) is 16.1. The first kappa shape index (κ1) is 53.9. The first-order chi connectivity index (χ1) is 32.1. The molecule has 14 heteroatoms. The number of cyclic esters (lactones) is 1. The summed E-state index contributed by atoms with van der Waals surface area (Å²) in [5.41, 5.74) is 1.47. The van der Waals surface area contributed by atoms with E-state index in [1.807, 2.05) is 74.6 Å². The number of ketones is 2. The number of benzene rings is 1. The molecule has 1 amide bonds. The summed E-state index contributed by atoms with van der Waals surface area (Å²) in [5, 5.41) is 34.4. The number of rotatable bonds is 6. The topological polar surface area (TPSA) is 178 Å². The fourth-order valence-corrected chi connectivity index (χ4v) is 9.95. The third-order valence-electron chi connectivity index (χ3n) is 14.1. The van der Waals surface area contributed by atoms with E-state index < -0.39 is 59.8 Å². The number of thiocarbonyl (C=S) groups is 1. The van der Waals surface area contributed by atoms with Gasteiger partial charge in [-0.05, 0) is 132 Å². The number of methoxy groups -OCH3 is 1. The zero-order valence-electron chi connectivity index (χ0n) is 40.2. The zero-order valence-corrected chi connectivity index (χ0v) is 41.0. The van der Waals surface area contributed by atoms with Gasteiger partial charge in [0.2, 0.25) is 5.79 Å². The van der Waals surface area contributed by atoms with Gasteiger partial charge in [-0.25, -0.2) is 4.79 Å². The van der Waals surface area contributed by atoms with Gasteiger partial charge < -0.3 is 43.9 Å². The number of ether oxygens (including phenoxy) is 5. The number of carbonyl (C=O) groups is 4. The molecule has 2 bridgehead atoms. The highest BCUT2D eigenvalue weighted by atomic mass is 32.1. The summed E-state index contributed by atoms with van der Waals surface area (Å²) in [4.78, 5) is 56.8. The summed E-state index contributed by atoms with van der Waals surface area (Å²) in [7, 11) is 1.59. The van der Waals surface area contributed by atoms with E-state index in [2.05, 4.69) is 0 Å². The van der Waals surface area contributed by atoms with Crippen molar-refractivity contribution in [1.82, 2.24) is 4.90 Å². The van der Waals surface area contributed by atoms with Crippen molar-refractivity contribution >= 4 is 40.9 Å². The number of amides is 1. The van der Waals surface area contributed by atoms with Gasteiger partial charge >= 0.3 is 11.2 Å². The molecule has 4 aliphatic rings. The van der Waals surface area contributed by atoms with E-state index >= 15 is 0 Å². The molecule has 3 aliphatic heterocycles. The van der Waals surface area contributed by atoms with Crippen LogP contribution in [0.15, 0.2) is 77.9 Å². The number of carbonyl (C=O) groups excluding carboxylic acids is 4. The molecular formula is C53H75NO12S. The number of fused-ring (bicyclic) bond motifs is 3. The van der Waals surface area contributed by atoms with Crippen LogP contribution in [0.2, 0.25) is 0 Å². The summed E-state index contributed by atoms with van der Waals surface area (Å²) in [6.45, 7) is 7.47. The van der Waals surface area contributed by atoms with E-state index in [0.717, 1.165) is 31.3 Å². The summed E-state index contributed by atoms with van der Waals surface area (Å²) in [6, 6.07) is 8.16. The minimum atomic E-state index is -2.40. The molecule has 3 fully saturated rings. The van der Waals surface area contributed by atoms with E-state index in [1.54, 1.807) is 27.0 Å². The van der Waals surface area contributed by atoms with Gasteiger partial charge in [0.1, 0.15) is 29.8 Å². The molecule has 1 aromatic carbocycles. The predicted molar refractivity (Wildman–Crippen MR) is 259 cm³/mol. The number of piperidine rings is 1. The maximum atomic E-state index is 14.4. The lowest BCUT2D eigenvalue weighted by Crippen LogP contribution is -2.61. The van der Waals surface area contributed by atoms with E-state index in [1.165, 1.54) is 4.90 Å². The van der Waals surface area contributed by atoms with Crippen LogP contribution in [-0.2, 0) is 38.1 Å². The molecule has 1 saturated carbocycles. The van der Waals surface area contributed by atoms with E-state index in [4.69, 9.17) is 35.9 Å². The van der Waals surface area contributed by atoms with Crippen LogP contribution < -0.4 is 4.74 Å². The number of para-hydroxylation sites is 1. The smallest absolute Gasteiger partial charge is 0.358 e. The van der Waals surface area contributed by atoms with Crippen molar-refractivity contribution in [2.45, 2.75) is 185 Å². The Hall–Kier alpha value is -4.05. The van der Waals surface area contributed by atoms with Crippen molar-refractivity contribution in [2.24, 2.45) is 17.8 Å². The van der Waals surface area contributed by atoms with Crippen molar-refractivity contribution in [3.63, 3.8) is 0 Å². The average Bonchev–Trinajstić information content (AvgIpc) is 3.31. The Morgan fingerprint density at radius 1 is 0.925 bits per heavy atom. The Bertz CT molecular complexity index is 1920. The monoisotopic (exact) mass is 950 g/mol. The number of hydrogen-bond acceptors (Lipinski definition) is 13. The second kappa shape index (κ2) is 26.6. The van der Waals surface area contributed by atoms with Gasteiger partial charge in [0.25, 0.3) is 11.7 Å². The molecule has 370 valence electrons. The Kier molecular flexibility index (Phi) is 21.4. The molecule has 0 spiro atoms. The normalized spacial score (nSPS) is 34.8. The molecular weight excluding hydrogens is 875 g/mol. The molecule has 13 nitrogen and oxygen atoms in total. The lowest BCUT2D eigenvalue weighted by molar-refractivity contribution is -0.265. The van der Waals surface area contributed by atoms with Crippen LogP contribution >= 0.6 is 12.2 Å². The van der Waals surface area contributed by atoms with Gasteiger partial charge in [-0.1, -0.05) is 68.5 Å². The predicted octanol–water partition coefficient (Wildman–Crippen LogP) is 8.37. The fraction of sp³-hybridized carbons (Fsp3) is 0.642. The summed E-state index contributed by atoms with van der Waals surface area (Å²) < 4.78 is 30.0. The van der Waals surface area contributed by atoms with E-state index in [-0.39, 0.29) is 67.3 Å². The second-order valence-electron chi connectivity index (χ2n) is 19.3. The first-order valence-corrected chi connectivity index (χ1v) is 25.0. The molecule has 1 aliphatic carbocycles. The van der Waals surface area contributed by atoms with Gasteiger partial charge in [0.15, 0.2) is 0 Å². The average molecular weight is 950 g/mol. The zero-order chi connectivity index (χ0) is 48.5. The molecule has 67 heavy (non-hydrogen) atoms. The number of allylic oxidation sites excluding steroid dienone is 5. The lowest BCUT2D eigenvalue weighted by Gasteiger charge is -2.42. The highest BCUT2D eigenvalue weighted by molar-refractivity contribution is 7.79. The van der Waals surface area contributed by atoms with Crippen molar-refractivity contribution in [2.75, 3.05) is 13.7 Å². The Balaban J connectivity index is 1.33. The number of aliphatic hydroxyl groups excluding tert-OH is 2. The maximum Gasteiger partial charge on any atom is 0.358 e. The number of nitrogens with zero attached hydrogens (tertiary/aromatic N) is 1. The molecule has 9 atom stereocenters. The van der Waals surface area contributed by atoms with Crippen molar-refractivity contribution in [3.8, 4) is 5.75 Å². The third-order valence-corrected chi connectivity index (χ3v) is 14.3. The minimum absolute atomic E-state index is 0.0233. The molecule has 1 unspecified atom stereocenters. The fourth-order valence-electron chi connectivity index (χ4n) is 9.72. The number of Topliss-reactive ketones (excluding diaryl/α,β-unsaturated/α-hetero) is 2. The van der Waals surface area contributed by atoms with Crippen LogP contribution in [0, 0.1) is 17.8 Å². The quantitative estimate of drug-likeness (QED) is 0.107.